The number of hydrogen-bond donors (Lipinski definition) is 2. The molecule has 1 saturated heterocycles. The molecular weight excluding hydrogens is 444 g/mol. The lowest BCUT2D eigenvalue weighted by Gasteiger charge is -2.45. The van der Waals surface area contributed by atoms with Crippen LogP contribution >= 0.6 is 0 Å². The monoisotopic (exact) mass is 470 g/mol. The number of aliphatic carboxylic acids is 1. The van der Waals surface area contributed by atoms with Crippen LogP contribution in [0.4, 0.5) is 0 Å². The van der Waals surface area contributed by atoms with Gasteiger partial charge in [0.15, 0.2) is 18.4 Å². The number of carboxylic acids is 1. The quantitative estimate of drug-likeness (QED) is 0.336. The molecule has 1 aliphatic heterocycles. The van der Waals surface area contributed by atoms with Crippen LogP contribution in [-0.4, -0.2) is 80.8 Å². The second-order valence-corrected chi connectivity index (χ2v) is 7.33. The first-order valence-corrected chi connectivity index (χ1v) is 10.0. The molecule has 0 spiro atoms. The van der Waals surface area contributed by atoms with Crippen LogP contribution in [-0.2, 0) is 49.3 Å². The predicted molar refractivity (Wildman–Crippen MR) is 105 cm³/mol. The second kappa shape index (κ2) is 11.4. The van der Waals surface area contributed by atoms with Gasteiger partial charge in [0.2, 0.25) is 5.91 Å². The van der Waals surface area contributed by atoms with Crippen molar-refractivity contribution >= 4 is 29.8 Å². The number of aryl methyl sites for hydroxylation is 1. The van der Waals surface area contributed by atoms with Crippen molar-refractivity contribution in [3.63, 3.8) is 0 Å². The van der Waals surface area contributed by atoms with E-state index in [1.807, 2.05) is 0 Å². The van der Waals surface area contributed by atoms with Crippen LogP contribution in [0.2, 0.25) is 0 Å². The minimum absolute atomic E-state index is 0.0905. The van der Waals surface area contributed by atoms with E-state index in [1.165, 1.54) is 24.7 Å². The van der Waals surface area contributed by atoms with Gasteiger partial charge in [-0.2, -0.15) is 0 Å². The van der Waals surface area contributed by atoms with Crippen molar-refractivity contribution in [3.05, 3.63) is 11.9 Å². The van der Waals surface area contributed by atoms with Gasteiger partial charge in [0.25, 0.3) is 0 Å². The number of aromatic nitrogens is 3. The lowest BCUT2D eigenvalue weighted by molar-refractivity contribution is -0.239. The molecule has 14 nitrogen and oxygen atoms in total. The number of nitrogens with one attached hydrogen (secondary N) is 1. The van der Waals surface area contributed by atoms with Gasteiger partial charge in [-0.3, -0.25) is 24.0 Å². The Morgan fingerprint density at radius 3 is 2.24 bits per heavy atom. The Labute approximate surface area is 188 Å². The first-order valence-electron chi connectivity index (χ1n) is 10.0. The molecule has 2 rings (SSSR count). The summed E-state index contributed by atoms with van der Waals surface area (Å²) in [4.78, 5) is 57.7. The fourth-order valence-electron chi connectivity index (χ4n) is 3.32. The van der Waals surface area contributed by atoms with E-state index in [1.54, 1.807) is 0 Å². The molecular formula is C19H26N4O10. The Kier molecular flexibility index (Phi) is 8.85. The van der Waals surface area contributed by atoms with Crippen LogP contribution < -0.4 is 5.32 Å². The van der Waals surface area contributed by atoms with Gasteiger partial charge in [-0.15, -0.1) is 5.10 Å². The molecule has 1 aliphatic rings. The summed E-state index contributed by atoms with van der Waals surface area (Å²) in [6.07, 6.45) is -3.36. The van der Waals surface area contributed by atoms with Gasteiger partial charge >= 0.3 is 23.9 Å². The van der Waals surface area contributed by atoms with Gasteiger partial charge in [0.05, 0.1) is 18.3 Å². The molecule has 0 unspecified atom stereocenters. The maximum absolute atomic E-state index is 11.9. The number of nitrogens with zero attached hydrogens (tertiary/aromatic N) is 3. The van der Waals surface area contributed by atoms with E-state index < -0.39 is 60.4 Å². The number of rotatable bonds is 9. The molecule has 1 aromatic rings. The van der Waals surface area contributed by atoms with Crippen LogP contribution in [0.5, 0.6) is 0 Å². The zero-order valence-corrected chi connectivity index (χ0v) is 18.5. The van der Waals surface area contributed by atoms with E-state index in [4.69, 9.17) is 24.1 Å². The lowest BCUT2D eigenvalue weighted by Crippen LogP contribution is -2.64. The summed E-state index contributed by atoms with van der Waals surface area (Å²) >= 11 is 0. The number of carboxylic acid groups (broad SMARTS) is 1. The molecule has 1 fully saturated rings. The molecule has 2 N–H and O–H groups in total. The topological polar surface area (TPSA) is 185 Å². The number of esters is 3. The van der Waals surface area contributed by atoms with Crippen LogP contribution in [0.25, 0.3) is 0 Å². The molecule has 0 aliphatic carbocycles. The van der Waals surface area contributed by atoms with E-state index in [9.17, 15) is 24.0 Å². The third kappa shape index (κ3) is 7.52. The summed E-state index contributed by atoms with van der Waals surface area (Å²) in [5, 5.41) is 19.3. The first kappa shape index (κ1) is 25.7. The predicted octanol–water partition coefficient (Wildman–Crippen LogP) is -0.876. The number of amides is 1. The van der Waals surface area contributed by atoms with Crippen molar-refractivity contribution in [2.24, 2.45) is 0 Å². The third-order valence-electron chi connectivity index (χ3n) is 4.50. The fourth-order valence-corrected chi connectivity index (χ4v) is 3.32. The van der Waals surface area contributed by atoms with E-state index in [2.05, 4.69) is 15.6 Å². The largest absolute Gasteiger partial charge is 0.481 e. The second-order valence-electron chi connectivity index (χ2n) is 7.33. The molecule has 1 aromatic heterocycles. The lowest BCUT2D eigenvalue weighted by atomic mass is 9.95. The van der Waals surface area contributed by atoms with Crippen LogP contribution in [0.1, 0.15) is 46.0 Å². The van der Waals surface area contributed by atoms with Crippen LogP contribution in [0.3, 0.4) is 0 Å². The molecule has 0 aromatic carbocycles. The van der Waals surface area contributed by atoms with Crippen molar-refractivity contribution in [1.29, 1.82) is 0 Å². The molecule has 1 amide bonds. The van der Waals surface area contributed by atoms with Gasteiger partial charge in [0, 0.05) is 34.1 Å². The minimum Gasteiger partial charge on any atom is -0.481 e. The summed E-state index contributed by atoms with van der Waals surface area (Å²) in [6, 6.07) is -1.08. The Morgan fingerprint density at radius 1 is 1.06 bits per heavy atom. The molecule has 182 valence electrons. The zero-order valence-electron chi connectivity index (χ0n) is 18.5. The van der Waals surface area contributed by atoms with Crippen molar-refractivity contribution in [1.82, 2.24) is 20.3 Å². The summed E-state index contributed by atoms with van der Waals surface area (Å²) < 4.78 is 23.0. The molecule has 14 heteroatoms. The molecule has 5 atom stereocenters. The van der Waals surface area contributed by atoms with Gasteiger partial charge in [-0.25, -0.2) is 4.68 Å². The zero-order chi connectivity index (χ0) is 24.7. The van der Waals surface area contributed by atoms with Gasteiger partial charge in [-0.1, -0.05) is 5.21 Å². The molecule has 0 bridgehead atoms. The van der Waals surface area contributed by atoms with Crippen molar-refractivity contribution in [2.75, 3.05) is 6.61 Å². The fraction of sp³-hybridized carbons (Fsp3) is 0.632. The summed E-state index contributed by atoms with van der Waals surface area (Å²) in [6.45, 7) is 4.33. The number of carbonyl (C=O) groups excluding carboxylic acids is 4. The maximum Gasteiger partial charge on any atom is 0.303 e. The highest BCUT2D eigenvalue weighted by Crippen LogP contribution is 2.32. The van der Waals surface area contributed by atoms with Crippen molar-refractivity contribution in [3.8, 4) is 0 Å². The number of ether oxygens (including phenoxy) is 4. The maximum atomic E-state index is 11.9. The highest BCUT2D eigenvalue weighted by atomic mass is 16.6. The van der Waals surface area contributed by atoms with Crippen molar-refractivity contribution in [2.45, 2.75) is 71.1 Å². The van der Waals surface area contributed by atoms with E-state index in [0.717, 1.165) is 13.8 Å². The summed E-state index contributed by atoms with van der Waals surface area (Å²) in [5.74, 6) is -3.58. The standard InChI is InChI=1S/C19H26N4O10/c1-9(24)20-16-18(32-12(4)27)17(31-11(3)26)14(8-30-10(2)25)33-19(16)23-7-13(21-22-23)5-6-15(28)29/h7,14,16-19H,5-6,8H2,1-4H3,(H,20,24)(H,28,29)/t14-,16-,17+,18-,19-/m1/s1. The van der Waals surface area contributed by atoms with Gasteiger partial charge < -0.3 is 29.4 Å². The number of hydrogen-bond acceptors (Lipinski definition) is 11. The summed E-state index contributed by atoms with van der Waals surface area (Å²) in [5.41, 5.74) is 0.338. The van der Waals surface area contributed by atoms with Crippen LogP contribution in [0, 0.1) is 0 Å². The van der Waals surface area contributed by atoms with Gasteiger partial charge in [0.1, 0.15) is 18.8 Å². The van der Waals surface area contributed by atoms with Crippen LogP contribution in [0.15, 0.2) is 6.20 Å². The van der Waals surface area contributed by atoms with Crippen molar-refractivity contribution < 1.29 is 48.0 Å². The van der Waals surface area contributed by atoms with E-state index in [0.29, 0.717) is 5.69 Å². The van der Waals surface area contributed by atoms with E-state index in [-0.39, 0.29) is 19.4 Å². The SMILES string of the molecule is CC(=O)N[C@@H]1[C@@H](OC(C)=O)[C@@H](OC(C)=O)[C@@H](COC(C)=O)O[C@H]1n1cc(CCC(=O)O)nn1. The molecule has 33 heavy (non-hydrogen) atoms. The Morgan fingerprint density at radius 2 is 1.70 bits per heavy atom. The highest BCUT2D eigenvalue weighted by molar-refractivity contribution is 5.73. The molecule has 0 radical (unpaired) electrons. The number of carbonyl (C=O) groups is 5. The molecule has 0 saturated carbocycles. The minimum atomic E-state index is -1.23. The average molecular weight is 470 g/mol. The third-order valence-corrected chi connectivity index (χ3v) is 4.50. The highest BCUT2D eigenvalue weighted by Gasteiger charge is 2.51. The smallest absolute Gasteiger partial charge is 0.303 e. The average Bonchev–Trinajstić information content (AvgIpc) is 3.15. The Balaban J connectivity index is 2.47. The summed E-state index contributed by atoms with van der Waals surface area (Å²) in [7, 11) is 0. The Hall–Kier alpha value is -3.55. The van der Waals surface area contributed by atoms with E-state index >= 15 is 0 Å². The van der Waals surface area contributed by atoms with Gasteiger partial charge in [-0.05, 0) is 0 Å². The Bertz CT molecular complexity index is 901. The first-order chi connectivity index (χ1) is 15.5. The normalized spacial score (nSPS) is 24.4. The molecule has 2 heterocycles.